The molecule has 0 aromatic heterocycles. The SMILES string of the molecule is CC(=O)C1\C=C/C=C/C=C\C=C\1. The topological polar surface area (TPSA) is 17.1 Å². The number of ketones is 1. The van der Waals surface area contributed by atoms with Gasteiger partial charge in [-0.15, -0.1) is 0 Å². The van der Waals surface area contributed by atoms with E-state index in [2.05, 4.69) is 0 Å². The fraction of sp³-hybridized carbons (Fsp3) is 0.182. The van der Waals surface area contributed by atoms with Crippen molar-refractivity contribution < 1.29 is 4.79 Å². The fourth-order valence-electron chi connectivity index (χ4n) is 0.959. The molecule has 1 rings (SSSR count). The molecule has 0 heterocycles. The van der Waals surface area contributed by atoms with Gasteiger partial charge in [-0.3, -0.25) is 4.79 Å². The first-order valence-electron chi connectivity index (χ1n) is 3.99. The molecule has 0 aromatic carbocycles. The van der Waals surface area contributed by atoms with Crippen LogP contribution in [0.2, 0.25) is 0 Å². The highest BCUT2D eigenvalue weighted by Gasteiger charge is 2.04. The summed E-state index contributed by atoms with van der Waals surface area (Å²) in [5, 5.41) is 0. The van der Waals surface area contributed by atoms with E-state index in [1.807, 2.05) is 48.6 Å². The highest BCUT2D eigenvalue weighted by atomic mass is 16.1. The predicted molar refractivity (Wildman–Crippen MR) is 50.7 cm³/mol. The van der Waals surface area contributed by atoms with E-state index in [-0.39, 0.29) is 11.7 Å². The summed E-state index contributed by atoms with van der Waals surface area (Å²) >= 11 is 0. The molecule has 0 bridgehead atoms. The lowest BCUT2D eigenvalue weighted by Gasteiger charge is -1.99. The average Bonchev–Trinajstić information content (AvgIpc) is 2.15. The lowest BCUT2D eigenvalue weighted by Crippen LogP contribution is -2.03. The van der Waals surface area contributed by atoms with Crippen LogP contribution < -0.4 is 0 Å². The lowest BCUT2D eigenvalue weighted by atomic mass is 10.0. The Morgan fingerprint density at radius 1 is 0.917 bits per heavy atom. The van der Waals surface area contributed by atoms with Crippen LogP contribution in [0.5, 0.6) is 0 Å². The van der Waals surface area contributed by atoms with Crippen LogP contribution >= 0.6 is 0 Å². The van der Waals surface area contributed by atoms with Gasteiger partial charge in [-0.25, -0.2) is 0 Å². The lowest BCUT2D eigenvalue weighted by molar-refractivity contribution is -0.118. The molecule has 1 heteroatoms. The van der Waals surface area contributed by atoms with Crippen LogP contribution in [-0.4, -0.2) is 5.78 Å². The molecule has 1 unspecified atom stereocenters. The minimum atomic E-state index is -0.0719. The van der Waals surface area contributed by atoms with E-state index >= 15 is 0 Å². The van der Waals surface area contributed by atoms with Crippen molar-refractivity contribution in [2.45, 2.75) is 6.92 Å². The Morgan fingerprint density at radius 2 is 1.33 bits per heavy atom. The zero-order valence-electron chi connectivity index (χ0n) is 7.10. The molecule has 1 aliphatic carbocycles. The van der Waals surface area contributed by atoms with Crippen molar-refractivity contribution in [3.8, 4) is 0 Å². The molecular weight excluding hydrogens is 148 g/mol. The van der Waals surface area contributed by atoms with Gasteiger partial charge in [0.2, 0.25) is 0 Å². The molecule has 0 fully saturated rings. The third kappa shape index (κ3) is 2.70. The molecule has 1 atom stereocenters. The van der Waals surface area contributed by atoms with Gasteiger partial charge in [0, 0.05) is 0 Å². The summed E-state index contributed by atoms with van der Waals surface area (Å²) in [6.07, 6.45) is 15.3. The van der Waals surface area contributed by atoms with Gasteiger partial charge in [0.15, 0.2) is 0 Å². The summed E-state index contributed by atoms with van der Waals surface area (Å²) < 4.78 is 0. The highest BCUT2D eigenvalue weighted by molar-refractivity contribution is 5.82. The number of carbonyl (C=O) groups is 1. The van der Waals surface area contributed by atoms with Gasteiger partial charge < -0.3 is 0 Å². The number of hydrogen-bond acceptors (Lipinski definition) is 1. The summed E-state index contributed by atoms with van der Waals surface area (Å²) in [4.78, 5) is 11.0. The first-order valence-corrected chi connectivity index (χ1v) is 3.99. The van der Waals surface area contributed by atoms with Crippen molar-refractivity contribution in [1.82, 2.24) is 0 Å². The van der Waals surface area contributed by atoms with Gasteiger partial charge in [0.25, 0.3) is 0 Å². The normalized spacial score (nSPS) is 32.2. The number of carbonyl (C=O) groups excluding carboxylic acids is 1. The maximum Gasteiger partial charge on any atom is 0.140 e. The van der Waals surface area contributed by atoms with Crippen molar-refractivity contribution in [1.29, 1.82) is 0 Å². The molecular formula is C11H12O. The molecule has 0 aromatic rings. The Labute approximate surface area is 72.8 Å². The van der Waals surface area contributed by atoms with Crippen molar-refractivity contribution in [2.24, 2.45) is 5.92 Å². The number of hydrogen-bond donors (Lipinski definition) is 0. The minimum absolute atomic E-state index is 0.0719. The third-order valence-corrected chi connectivity index (χ3v) is 1.66. The maximum absolute atomic E-state index is 11.0. The second-order valence-electron chi connectivity index (χ2n) is 2.68. The number of rotatable bonds is 1. The monoisotopic (exact) mass is 160 g/mol. The fourth-order valence-corrected chi connectivity index (χ4v) is 0.959. The predicted octanol–water partition coefficient (Wildman–Crippen LogP) is 2.43. The Balaban J connectivity index is 2.81. The number of Topliss-reactive ketones (excluding diaryl/α,β-unsaturated/α-hetero) is 1. The maximum atomic E-state index is 11.0. The van der Waals surface area contributed by atoms with Crippen LogP contribution in [0.3, 0.4) is 0 Å². The van der Waals surface area contributed by atoms with Crippen LogP contribution in [0.25, 0.3) is 0 Å². The van der Waals surface area contributed by atoms with Crippen LogP contribution in [0.4, 0.5) is 0 Å². The first-order chi connectivity index (χ1) is 5.80. The molecule has 0 spiro atoms. The molecule has 0 N–H and O–H groups in total. The van der Waals surface area contributed by atoms with E-state index in [0.29, 0.717) is 0 Å². The molecule has 12 heavy (non-hydrogen) atoms. The standard InChI is InChI=1S/C11H12O/c1-10(12)11-8-6-4-2-3-5-7-9-11/h2-9,11H,1H3/b4-2-,5-3+,8-6+,9-7-. The summed E-state index contributed by atoms with van der Waals surface area (Å²) in [6.45, 7) is 1.60. The van der Waals surface area contributed by atoms with Crippen LogP contribution in [0.1, 0.15) is 6.92 Å². The second kappa shape index (κ2) is 4.50. The van der Waals surface area contributed by atoms with Gasteiger partial charge in [0.1, 0.15) is 5.78 Å². The van der Waals surface area contributed by atoms with E-state index in [1.165, 1.54) is 0 Å². The second-order valence-corrected chi connectivity index (χ2v) is 2.68. The smallest absolute Gasteiger partial charge is 0.140 e. The van der Waals surface area contributed by atoms with Crippen LogP contribution in [0, 0.1) is 5.92 Å². The van der Waals surface area contributed by atoms with E-state index in [1.54, 1.807) is 6.92 Å². The van der Waals surface area contributed by atoms with Crippen molar-refractivity contribution in [2.75, 3.05) is 0 Å². The van der Waals surface area contributed by atoms with Gasteiger partial charge in [-0.1, -0.05) is 48.6 Å². The summed E-state index contributed by atoms with van der Waals surface area (Å²) in [7, 11) is 0. The molecule has 0 radical (unpaired) electrons. The van der Waals surface area contributed by atoms with E-state index in [0.717, 1.165) is 0 Å². The van der Waals surface area contributed by atoms with Crippen LogP contribution in [0.15, 0.2) is 48.6 Å². The summed E-state index contributed by atoms with van der Waals surface area (Å²) in [6, 6.07) is 0. The van der Waals surface area contributed by atoms with Gasteiger partial charge in [0.05, 0.1) is 5.92 Å². The Bertz CT molecular complexity index is 245. The van der Waals surface area contributed by atoms with Crippen LogP contribution in [-0.2, 0) is 4.79 Å². The molecule has 0 saturated heterocycles. The Morgan fingerprint density at radius 3 is 1.75 bits per heavy atom. The van der Waals surface area contributed by atoms with Gasteiger partial charge in [-0.2, -0.15) is 0 Å². The minimum Gasteiger partial charge on any atom is -0.299 e. The summed E-state index contributed by atoms with van der Waals surface area (Å²) in [5.41, 5.74) is 0. The molecule has 1 aliphatic rings. The van der Waals surface area contributed by atoms with E-state index in [4.69, 9.17) is 0 Å². The Kier molecular flexibility index (Phi) is 3.27. The van der Waals surface area contributed by atoms with Crippen molar-refractivity contribution in [3.63, 3.8) is 0 Å². The molecule has 0 aliphatic heterocycles. The highest BCUT2D eigenvalue weighted by Crippen LogP contribution is 2.04. The van der Waals surface area contributed by atoms with Gasteiger partial charge >= 0.3 is 0 Å². The largest absolute Gasteiger partial charge is 0.299 e. The Hall–Kier alpha value is -1.37. The molecule has 0 saturated carbocycles. The van der Waals surface area contributed by atoms with E-state index < -0.39 is 0 Å². The summed E-state index contributed by atoms with van der Waals surface area (Å²) in [5.74, 6) is 0.101. The molecule has 1 nitrogen and oxygen atoms in total. The first kappa shape index (κ1) is 8.72. The van der Waals surface area contributed by atoms with E-state index in [9.17, 15) is 4.79 Å². The average molecular weight is 160 g/mol. The zero-order valence-corrected chi connectivity index (χ0v) is 7.10. The molecule has 62 valence electrons. The number of allylic oxidation sites excluding steroid dienone is 8. The van der Waals surface area contributed by atoms with Crippen molar-refractivity contribution in [3.05, 3.63) is 48.6 Å². The quantitative estimate of drug-likeness (QED) is 0.575. The zero-order chi connectivity index (χ0) is 8.81. The van der Waals surface area contributed by atoms with Crippen molar-refractivity contribution >= 4 is 5.78 Å². The van der Waals surface area contributed by atoms with Gasteiger partial charge in [-0.05, 0) is 6.92 Å². The third-order valence-electron chi connectivity index (χ3n) is 1.66. The molecule has 0 amide bonds.